The predicted molar refractivity (Wildman–Crippen MR) is 57.8 cm³/mol. The van der Waals surface area contributed by atoms with Crippen LogP contribution in [0.4, 0.5) is 5.95 Å². The first-order chi connectivity index (χ1) is 7.09. The Balaban J connectivity index is 2.59. The van der Waals surface area contributed by atoms with Gasteiger partial charge in [0.25, 0.3) is 0 Å². The molecule has 0 aromatic carbocycles. The lowest BCUT2D eigenvalue weighted by atomic mass is 10.2. The summed E-state index contributed by atoms with van der Waals surface area (Å²) in [5.41, 5.74) is 8.78. The molecule has 0 bridgehead atoms. The van der Waals surface area contributed by atoms with Crippen molar-refractivity contribution in [1.82, 2.24) is 19.7 Å². The Kier molecular flexibility index (Phi) is 2.15. The van der Waals surface area contributed by atoms with E-state index in [1.165, 1.54) is 5.56 Å². The highest BCUT2D eigenvalue weighted by atomic mass is 15.3. The first-order valence-electron chi connectivity index (χ1n) is 4.71. The molecule has 5 nitrogen and oxygen atoms in total. The second kappa shape index (κ2) is 3.34. The van der Waals surface area contributed by atoms with Crippen LogP contribution in [0.1, 0.15) is 17.0 Å². The first-order valence-corrected chi connectivity index (χ1v) is 4.71. The number of nitrogens with two attached hydrogens (primary N) is 1. The van der Waals surface area contributed by atoms with E-state index in [-0.39, 0.29) is 5.95 Å². The highest BCUT2D eigenvalue weighted by Gasteiger charge is 2.09. The van der Waals surface area contributed by atoms with Gasteiger partial charge in [-0.2, -0.15) is 10.1 Å². The zero-order valence-corrected chi connectivity index (χ0v) is 9.02. The van der Waals surface area contributed by atoms with Crippen molar-refractivity contribution in [3.63, 3.8) is 0 Å². The Bertz CT molecular complexity index is 501. The van der Waals surface area contributed by atoms with Crippen molar-refractivity contribution < 1.29 is 0 Å². The fraction of sp³-hybridized carbons (Fsp3) is 0.300. The lowest BCUT2D eigenvalue weighted by Crippen LogP contribution is -2.05. The zero-order valence-electron chi connectivity index (χ0n) is 9.02. The lowest BCUT2D eigenvalue weighted by molar-refractivity contribution is 0.802. The standard InChI is InChI=1S/C10H13N5/c1-6-7(2)14-15(8(6)3)9-4-5-12-10(11)13-9/h4-5H,1-3H3,(H2,11,12,13). The Labute approximate surface area is 88.0 Å². The molecule has 0 saturated carbocycles. The van der Waals surface area contributed by atoms with E-state index in [2.05, 4.69) is 15.1 Å². The third-order valence-electron chi connectivity index (χ3n) is 2.53. The maximum atomic E-state index is 5.53. The van der Waals surface area contributed by atoms with E-state index in [4.69, 9.17) is 5.73 Å². The molecular formula is C10H13N5. The molecule has 2 N–H and O–H groups in total. The van der Waals surface area contributed by atoms with Crippen molar-refractivity contribution >= 4 is 5.95 Å². The van der Waals surface area contributed by atoms with Gasteiger partial charge in [0, 0.05) is 18.0 Å². The summed E-state index contributed by atoms with van der Waals surface area (Å²) >= 11 is 0. The van der Waals surface area contributed by atoms with E-state index in [9.17, 15) is 0 Å². The van der Waals surface area contributed by atoms with Crippen LogP contribution >= 0.6 is 0 Å². The van der Waals surface area contributed by atoms with Crippen LogP contribution in [0, 0.1) is 20.8 Å². The van der Waals surface area contributed by atoms with E-state index in [0.29, 0.717) is 5.82 Å². The summed E-state index contributed by atoms with van der Waals surface area (Å²) in [6.45, 7) is 6.02. The van der Waals surface area contributed by atoms with Gasteiger partial charge in [0.2, 0.25) is 5.95 Å². The molecule has 0 fully saturated rings. The second-order valence-electron chi connectivity index (χ2n) is 3.48. The quantitative estimate of drug-likeness (QED) is 0.755. The molecule has 0 aliphatic heterocycles. The number of aryl methyl sites for hydroxylation is 1. The van der Waals surface area contributed by atoms with Gasteiger partial charge in [-0.25, -0.2) is 9.67 Å². The maximum absolute atomic E-state index is 5.53. The first kappa shape index (κ1) is 9.64. The van der Waals surface area contributed by atoms with Crippen LogP contribution in [0.25, 0.3) is 5.82 Å². The second-order valence-corrected chi connectivity index (χ2v) is 3.48. The molecule has 0 radical (unpaired) electrons. The predicted octanol–water partition coefficient (Wildman–Crippen LogP) is 1.17. The molecule has 2 rings (SSSR count). The van der Waals surface area contributed by atoms with Crippen molar-refractivity contribution in [3.05, 3.63) is 29.2 Å². The molecule has 0 atom stereocenters. The van der Waals surface area contributed by atoms with E-state index in [0.717, 1.165) is 11.4 Å². The van der Waals surface area contributed by atoms with Gasteiger partial charge < -0.3 is 5.73 Å². The number of nitrogen functional groups attached to an aromatic ring is 1. The fourth-order valence-electron chi connectivity index (χ4n) is 1.43. The van der Waals surface area contributed by atoms with Gasteiger partial charge in [-0.15, -0.1) is 0 Å². The molecule has 0 amide bonds. The van der Waals surface area contributed by atoms with Gasteiger partial charge in [0.15, 0.2) is 5.82 Å². The van der Waals surface area contributed by atoms with Gasteiger partial charge in [-0.05, 0) is 26.3 Å². The maximum Gasteiger partial charge on any atom is 0.221 e. The Morgan fingerprint density at radius 3 is 2.53 bits per heavy atom. The molecule has 0 aliphatic rings. The summed E-state index contributed by atoms with van der Waals surface area (Å²) in [6.07, 6.45) is 1.63. The third kappa shape index (κ3) is 1.56. The highest BCUT2D eigenvalue weighted by Crippen LogP contribution is 2.15. The van der Waals surface area contributed by atoms with Crippen molar-refractivity contribution in [2.75, 3.05) is 5.73 Å². The van der Waals surface area contributed by atoms with E-state index < -0.39 is 0 Å². The lowest BCUT2D eigenvalue weighted by Gasteiger charge is -2.03. The van der Waals surface area contributed by atoms with E-state index in [1.54, 1.807) is 16.9 Å². The molecule has 2 aromatic heterocycles. The fourth-order valence-corrected chi connectivity index (χ4v) is 1.43. The summed E-state index contributed by atoms with van der Waals surface area (Å²) in [7, 11) is 0. The minimum Gasteiger partial charge on any atom is -0.368 e. The number of aromatic nitrogens is 4. The van der Waals surface area contributed by atoms with Gasteiger partial charge in [0.1, 0.15) is 0 Å². The van der Waals surface area contributed by atoms with Crippen LogP contribution in [-0.2, 0) is 0 Å². The molecule has 0 aliphatic carbocycles. The van der Waals surface area contributed by atoms with E-state index in [1.807, 2.05) is 20.8 Å². The molecule has 5 heteroatoms. The topological polar surface area (TPSA) is 69.6 Å². The van der Waals surface area contributed by atoms with Gasteiger partial charge >= 0.3 is 0 Å². The Morgan fingerprint density at radius 1 is 1.27 bits per heavy atom. The summed E-state index contributed by atoms with van der Waals surface area (Å²) in [5, 5.41) is 4.39. The molecule has 78 valence electrons. The van der Waals surface area contributed by atoms with Crippen LogP contribution in [0.15, 0.2) is 12.3 Å². The highest BCUT2D eigenvalue weighted by molar-refractivity contribution is 5.33. The van der Waals surface area contributed by atoms with Crippen molar-refractivity contribution in [2.45, 2.75) is 20.8 Å². The van der Waals surface area contributed by atoms with Crippen LogP contribution in [0.5, 0.6) is 0 Å². The summed E-state index contributed by atoms with van der Waals surface area (Å²) in [4.78, 5) is 7.98. The monoisotopic (exact) mass is 203 g/mol. The van der Waals surface area contributed by atoms with Crippen LogP contribution in [0.2, 0.25) is 0 Å². The van der Waals surface area contributed by atoms with E-state index >= 15 is 0 Å². The van der Waals surface area contributed by atoms with Gasteiger partial charge in [-0.3, -0.25) is 0 Å². The molecule has 15 heavy (non-hydrogen) atoms. The molecule has 0 spiro atoms. The normalized spacial score (nSPS) is 10.6. The largest absolute Gasteiger partial charge is 0.368 e. The van der Waals surface area contributed by atoms with Crippen LogP contribution in [0.3, 0.4) is 0 Å². The number of rotatable bonds is 1. The minimum absolute atomic E-state index is 0.262. The molecule has 0 unspecified atom stereocenters. The van der Waals surface area contributed by atoms with Gasteiger partial charge in [0.05, 0.1) is 5.69 Å². The molecule has 0 saturated heterocycles. The van der Waals surface area contributed by atoms with Crippen LogP contribution in [-0.4, -0.2) is 19.7 Å². The Hall–Kier alpha value is -1.91. The summed E-state index contributed by atoms with van der Waals surface area (Å²) < 4.78 is 1.78. The zero-order chi connectivity index (χ0) is 11.0. The summed E-state index contributed by atoms with van der Waals surface area (Å²) in [6, 6.07) is 1.79. The average molecular weight is 203 g/mol. The Morgan fingerprint density at radius 2 is 2.00 bits per heavy atom. The minimum atomic E-state index is 0.262. The van der Waals surface area contributed by atoms with Gasteiger partial charge in [-0.1, -0.05) is 0 Å². The third-order valence-corrected chi connectivity index (χ3v) is 2.53. The number of hydrogen-bond acceptors (Lipinski definition) is 4. The molecule has 2 aromatic rings. The van der Waals surface area contributed by atoms with Crippen LogP contribution < -0.4 is 5.73 Å². The number of hydrogen-bond donors (Lipinski definition) is 1. The van der Waals surface area contributed by atoms with Crippen molar-refractivity contribution in [3.8, 4) is 5.82 Å². The number of anilines is 1. The smallest absolute Gasteiger partial charge is 0.221 e. The summed E-state index contributed by atoms with van der Waals surface area (Å²) in [5.74, 6) is 0.967. The SMILES string of the molecule is Cc1nn(-c2ccnc(N)n2)c(C)c1C. The number of nitrogens with zero attached hydrogens (tertiary/aromatic N) is 4. The average Bonchev–Trinajstić information content (AvgIpc) is 2.46. The molecular weight excluding hydrogens is 190 g/mol. The van der Waals surface area contributed by atoms with Crippen molar-refractivity contribution in [2.24, 2.45) is 0 Å². The molecule has 2 heterocycles. The van der Waals surface area contributed by atoms with Crippen molar-refractivity contribution in [1.29, 1.82) is 0 Å².